The average molecular weight is 235 g/mol. The molecule has 1 aliphatic heterocycles. The van der Waals surface area contributed by atoms with E-state index >= 15 is 0 Å². The molecule has 5 heteroatoms. The monoisotopic (exact) mass is 235 g/mol. The number of thioether (sulfide) groups is 1. The maximum atomic E-state index is 11.8. The first-order chi connectivity index (χ1) is 7.68. The van der Waals surface area contributed by atoms with Gasteiger partial charge in [-0.05, 0) is 12.1 Å². The van der Waals surface area contributed by atoms with Gasteiger partial charge in [-0.3, -0.25) is 9.69 Å². The first-order valence-corrected chi connectivity index (χ1v) is 5.94. The van der Waals surface area contributed by atoms with Crippen LogP contribution in [0.4, 0.5) is 5.69 Å². The molecule has 1 heterocycles. The maximum Gasteiger partial charge on any atom is 0.243 e. The molecule has 0 spiro atoms. The molecule has 1 aromatic rings. The number of para-hydroxylation sites is 1. The van der Waals surface area contributed by atoms with Crippen LogP contribution in [0.25, 0.3) is 0 Å². The third-order valence-corrected chi connectivity index (χ3v) is 2.98. The van der Waals surface area contributed by atoms with E-state index in [-0.39, 0.29) is 5.91 Å². The number of amides is 1. The second-order valence-corrected chi connectivity index (χ2v) is 4.53. The van der Waals surface area contributed by atoms with Crippen molar-refractivity contribution < 1.29 is 4.79 Å². The van der Waals surface area contributed by atoms with E-state index < -0.39 is 0 Å². The van der Waals surface area contributed by atoms with Gasteiger partial charge in [0, 0.05) is 14.1 Å². The molecule has 1 saturated heterocycles. The summed E-state index contributed by atoms with van der Waals surface area (Å²) in [4.78, 5) is 13.4. The SMILES string of the molecule is CN(C)/N=C1/SCC(=O)N1c1ccccc1. The number of amidine groups is 1. The first-order valence-electron chi connectivity index (χ1n) is 4.95. The van der Waals surface area contributed by atoms with E-state index in [1.54, 1.807) is 9.91 Å². The Morgan fingerprint density at radius 1 is 1.31 bits per heavy atom. The quantitative estimate of drug-likeness (QED) is 0.730. The van der Waals surface area contributed by atoms with Crippen molar-refractivity contribution in [2.75, 3.05) is 24.7 Å². The van der Waals surface area contributed by atoms with Crippen LogP contribution in [-0.2, 0) is 4.79 Å². The highest BCUT2D eigenvalue weighted by molar-refractivity contribution is 8.15. The van der Waals surface area contributed by atoms with E-state index in [1.165, 1.54) is 11.8 Å². The first kappa shape index (κ1) is 11.0. The molecule has 0 saturated carbocycles. The fraction of sp³-hybridized carbons (Fsp3) is 0.273. The van der Waals surface area contributed by atoms with Gasteiger partial charge in [0.2, 0.25) is 5.91 Å². The van der Waals surface area contributed by atoms with Crippen molar-refractivity contribution in [3.8, 4) is 0 Å². The second-order valence-electron chi connectivity index (χ2n) is 3.58. The number of hydrogen-bond acceptors (Lipinski definition) is 4. The molecule has 0 bridgehead atoms. The minimum absolute atomic E-state index is 0.0804. The van der Waals surface area contributed by atoms with E-state index in [2.05, 4.69) is 5.10 Å². The van der Waals surface area contributed by atoms with Crippen LogP contribution in [0.3, 0.4) is 0 Å². The highest BCUT2D eigenvalue weighted by Crippen LogP contribution is 2.26. The normalized spacial score (nSPS) is 18.2. The topological polar surface area (TPSA) is 35.9 Å². The van der Waals surface area contributed by atoms with E-state index in [0.717, 1.165) is 10.9 Å². The van der Waals surface area contributed by atoms with Gasteiger partial charge in [-0.15, -0.1) is 0 Å². The van der Waals surface area contributed by atoms with Gasteiger partial charge >= 0.3 is 0 Å². The van der Waals surface area contributed by atoms with Gasteiger partial charge in [-0.1, -0.05) is 30.0 Å². The van der Waals surface area contributed by atoms with Gasteiger partial charge in [0.15, 0.2) is 5.17 Å². The van der Waals surface area contributed by atoms with Crippen LogP contribution < -0.4 is 4.90 Å². The summed E-state index contributed by atoms with van der Waals surface area (Å²) in [6.07, 6.45) is 0. The molecule has 1 fully saturated rings. The smallest absolute Gasteiger partial charge is 0.243 e. The lowest BCUT2D eigenvalue weighted by atomic mass is 10.3. The minimum Gasteiger partial charge on any atom is -0.301 e. The number of hydrogen-bond donors (Lipinski definition) is 0. The predicted molar refractivity (Wildman–Crippen MR) is 67.5 cm³/mol. The number of rotatable bonds is 2. The van der Waals surface area contributed by atoms with Crippen LogP contribution in [0.5, 0.6) is 0 Å². The molecule has 0 aromatic heterocycles. The van der Waals surface area contributed by atoms with Gasteiger partial charge in [0.25, 0.3) is 0 Å². The van der Waals surface area contributed by atoms with Crippen molar-refractivity contribution in [2.45, 2.75) is 0 Å². The van der Waals surface area contributed by atoms with E-state index in [9.17, 15) is 4.79 Å². The zero-order valence-electron chi connectivity index (χ0n) is 9.25. The van der Waals surface area contributed by atoms with Crippen molar-refractivity contribution in [3.05, 3.63) is 30.3 Å². The molecule has 0 unspecified atom stereocenters. The predicted octanol–water partition coefficient (Wildman–Crippen LogP) is 1.60. The van der Waals surface area contributed by atoms with Crippen molar-refractivity contribution in [2.24, 2.45) is 5.10 Å². The molecule has 16 heavy (non-hydrogen) atoms. The van der Waals surface area contributed by atoms with Crippen LogP contribution in [0.2, 0.25) is 0 Å². The van der Waals surface area contributed by atoms with Crippen molar-refractivity contribution in [1.29, 1.82) is 0 Å². The van der Waals surface area contributed by atoms with Crippen LogP contribution in [-0.4, -0.2) is 35.9 Å². The van der Waals surface area contributed by atoms with Gasteiger partial charge in [-0.25, -0.2) is 0 Å². The third kappa shape index (κ3) is 2.19. The number of carbonyl (C=O) groups excluding carboxylic acids is 1. The Bertz CT molecular complexity index is 416. The zero-order valence-corrected chi connectivity index (χ0v) is 10.1. The standard InChI is InChI=1S/C11H13N3OS/c1-13(2)12-11-14(10(15)8-16-11)9-6-4-3-5-7-9/h3-7H,8H2,1-2H3/b12-11+. The van der Waals surface area contributed by atoms with Gasteiger partial charge in [0.05, 0.1) is 11.4 Å². The van der Waals surface area contributed by atoms with Crippen LogP contribution in [0, 0.1) is 0 Å². The molecule has 4 nitrogen and oxygen atoms in total. The highest BCUT2D eigenvalue weighted by Gasteiger charge is 2.29. The van der Waals surface area contributed by atoms with Crippen LogP contribution >= 0.6 is 11.8 Å². The summed E-state index contributed by atoms with van der Waals surface area (Å²) in [6.45, 7) is 0. The van der Waals surface area contributed by atoms with E-state index in [1.807, 2.05) is 44.4 Å². The molecular formula is C11H13N3OS. The number of anilines is 1. The molecule has 84 valence electrons. The molecular weight excluding hydrogens is 222 g/mol. The Morgan fingerprint density at radius 2 is 2.00 bits per heavy atom. The maximum absolute atomic E-state index is 11.8. The molecule has 0 aliphatic carbocycles. The lowest BCUT2D eigenvalue weighted by molar-refractivity contribution is -0.115. The third-order valence-electron chi connectivity index (χ3n) is 2.07. The van der Waals surface area contributed by atoms with Gasteiger partial charge in [-0.2, -0.15) is 5.10 Å². The molecule has 0 radical (unpaired) electrons. The van der Waals surface area contributed by atoms with Crippen molar-refractivity contribution in [1.82, 2.24) is 5.01 Å². The highest BCUT2D eigenvalue weighted by atomic mass is 32.2. The fourth-order valence-corrected chi connectivity index (χ4v) is 2.38. The Hall–Kier alpha value is -1.49. The second kappa shape index (κ2) is 4.57. The fourth-order valence-electron chi connectivity index (χ4n) is 1.44. The van der Waals surface area contributed by atoms with E-state index in [4.69, 9.17) is 0 Å². The Kier molecular flexibility index (Phi) is 3.14. The molecule has 2 rings (SSSR count). The molecule has 0 atom stereocenters. The Labute approximate surface area is 98.9 Å². The number of hydrazone groups is 1. The molecule has 1 aliphatic rings. The summed E-state index contributed by atoms with van der Waals surface area (Å²) in [6, 6.07) is 9.58. The number of carbonyl (C=O) groups is 1. The zero-order chi connectivity index (χ0) is 11.5. The van der Waals surface area contributed by atoms with Gasteiger partial charge < -0.3 is 5.01 Å². The molecule has 0 N–H and O–H groups in total. The summed E-state index contributed by atoms with van der Waals surface area (Å²) >= 11 is 1.47. The minimum atomic E-state index is 0.0804. The lowest BCUT2D eigenvalue weighted by Crippen LogP contribution is -2.30. The summed E-state index contributed by atoms with van der Waals surface area (Å²) in [7, 11) is 3.69. The average Bonchev–Trinajstić information content (AvgIpc) is 2.60. The van der Waals surface area contributed by atoms with Crippen molar-refractivity contribution >= 4 is 28.5 Å². The van der Waals surface area contributed by atoms with Crippen LogP contribution in [0.15, 0.2) is 35.4 Å². The molecule has 1 amide bonds. The summed E-state index contributed by atoms with van der Waals surface area (Å²) < 4.78 is 0. The molecule has 1 aromatic carbocycles. The number of nitrogens with zero attached hydrogens (tertiary/aromatic N) is 3. The van der Waals surface area contributed by atoms with Gasteiger partial charge in [0.1, 0.15) is 0 Å². The lowest BCUT2D eigenvalue weighted by Gasteiger charge is -2.17. The summed E-state index contributed by atoms with van der Waals surface area (Å²) in [5, 5.41) is 6.75. The summed E-state index contributed by atoms with van der Waals surface area (Å²) in [5.74, 6) is 0.540. The van der Waals surface area contributed by atoms with E-state index in [0.29, 0.717) is 5.75 Å². The van der Waals surface area contributed by atoms with Crippen LogP contribution in [0.1, 0.15) is 0 Å². The largest absolute Gasteiger partial charge is 0.301 e. The Morgan fingerprint density at radius 3 is 2.62 bits per heavy atom. The number of benzene rings is 1. The van der Waals surface area contributed by atoms with Crippen molar-refractivity contribution in [3.63, 3.8) is 0 Å². The Balaban J connectivity index is 2.34. The summed E-state index contributed by atoms with van der Waals surface area (Å²) in [5.41, 5.74) is 0.873.